The van der Waals surface area contributed by atoms with Crippen molar-refractivity contribution in [3.05, 3.63) is 54.1 Å². The molecular formula is C26H35N3O2. The van der Waals surface area contributed by atoms with Crippen molar-refractivity contribution < 1.29 is 9.84 Å². The van der Waals surface area contributed by atoms with Crippen LogP contribution in [-0.2, 0) is 6.42 Å². The van der Waals surface area contributed by atoms with Crippen LogP contribution in [0.25, 0.3) is 22.0 Å². The molecule has 166 valence electrons. The van der Waals surface area contributed by atoms with Gasteiger partial charge in [-0.2, -0.15) is 0 Å². The summed E-state index contributed by atoms with van der Waals surface area (Å²) >= 11 is 0. The van der Waals surface area contributed by atoms with E-state index in [1.165, 1.54) is 10.8 Å². The number of piperazine rings is 1. The number of aryl methyl sites for hydroxylation is 1. The molecule has 0 radical (unpaired) electrons. The Morgan fingerprint density at radius 3 is 2.52 bits per heavy atom. The molecule has 0 unspecified atom stereocenters. The smallest absolute Gasteiger partial charge is 0.137 e. The molecule has 1 aliphatic heterocycles. The van der Waals surface area contributed by atoms with Gasteiger partial charge < -0.3 is 19.6 Å². The lowest BCUT2D eigenvalue weighted by molar-refractivity contribution is 0.271. The average molecular weight is 422 g/mol. The predicted octanol–water partition coefficient (Wildman–Crippen LogP) is 4.61. The molecule has 0 bridgehead atoms. The third kappa shape index (κ3) is 5.00. The van der Waals surface area contributed by atoms with Gasteiger partial charge in [0.05, 0.1) is 12.8 Å². The fourth-order valence-corrected chi connectivity index (χ4v) is 4.23. The second kappa shape index (κ2) is 10.6. The molecule has 1 N–H and O–H groups in total. The van der Waals surface area contributed by atoms with Gasteiger partial charge >= 0.3 is 0 Å². The van der Waals surface area contributed by atoms with E-state index in [2.05, 4.69) is 65.3 Å². The predicted molar refractivity (Wildman–Crippen MR) is 130 cm³/mol. The Bertz CT molecular complexity index is 997. The van der Waals surface area contributed by atoms with Crippen LogP contribution in [0.3, 0.4) is 0 Å². The van der Waals surface area contributed by atoms with Crippen LogP contribution in [0.15, 0.2) is 48.5 Å². The Balaban J connectivity index is 0.00000272. The van der Waals surface area contributed by atoms with E-state index < -0.39 is 0 Å². The molecular weight excluding hydrogens is 386 g/mol. The molecule has 5 heteroatoms. The lowest BCUT2D eigenvalue weighted by atomic mass is 10.0. The molecule has 2 heterocycles. The maximum atomic E-state index is 9.15. The van der Waals surface area contributed by atoms with Crippen LogP contribution >= 0.6 is 0 Å². The number of ether oxygens (including phenoxy) is 1. The number of pyridine rings is 1. The van der Waals surface area contributed by atoms with E-state index in [4.69, 9.17) is 14.8 Å². The molecule has 0 saturated carbocycles. The molecule has 1 aromatic heterocycles. The third-order valence-electron chi connectivity index (χ3n) is 6.03. The molecule has 5 nitrogen and oxygen atoms in total. The van der Waals surface area contributed by atoms with Crippen LogP contribution in [-0.4, -0.2) is 61.4 Å². The second-order valence-corrected chi connectivity index (χ2v) is 7.83. The molecule has 4 rings (SSSR count). The molecule has 1 fully saturated rings. The zero-order valence-corrected chi connectivity index (χ0v) is 18.0. The molecule has 0 amide bonds. The first-order valence-electron chi connectivity index (χ1n) is 10.9. The summed E-state index contributed by atoms with van der Waals surface area (Å²) in [4.78, 5) is 10.0. The summed E-state index contributed by atoms with van der Waals surface area (Å²) in [5.74, 6) is 1.93. The molecule has 0 spiro atoms. The normalized spacial score (nSPS) is 14.5. The third-order valence-corrected chi connectivity index (χ3v) is 6.03. The largest absolute Gasteiger partial charge is 0.496 e. The Kier molecular flexibility index (Phi) is 7.88. The summed E-state index contributed by atoms with van der Waals surface area (Å²) in [6.45, 7) is 7.65. The van der Waals surface area contributed by atoms with Gasteiger partial charge in [-0.25, -0.2) is 4.98 Å². The van der Waals surface area contributed by atoms with Gasteiger partial charge in [0.15, 0.2) is 0 Å². The minimum Gasteiger partial charge on any atom is -0.496 e. The number of aliphatic hydroxyl groups excluding tert-OH is 1. The molecule has 0 atom stereocenters. The fourth-order valence-electron chi connectivity index (χ4n) is 4.23. The van der Waals surface area contributed by atoms with E-state index in [-0.39, 0.29) is 14.0 Å². The van der Waals surface area contributed by atoms with Gasteiger partial charge in [0.25, 0.3) is 0 Å². The highest BCUT2D eigenvalue weighted by Crippen LogP contribution is 2.33. The van der Waals surface area contributed by atoms with Crippen molar-refractivity contribution in [1.82, 2.24) is 9.88 Å². The monoisotopic (exact) mass is 421 g/mol. The lowest BCUT2D eigenvalue weighted by Gasteiger charge is -2.35. The summed E-state index contributed by atoms with van der Waals surface area (Å²) in [7, 11) is 1.70. The molecule has 1 aliphatic rings. The molecule has 31 heavy (non-hydrogen) atoms. The van der Waals surface area contributed by atoms with E-state index in [0.717, 1.165) is 74.0 Å². The number of anilines is 1. The number of methoxy groups -OCH3 is 1. The minimum absolute atomic E-state index is 0. The number of likely N-dealkylation sites (N-methyl/N-ethyl adjacent to an activating group) is 1. The SMILES string of the molecule is C.CCN1CCN(c2nc(-c3ccc(CCCO)c(OC)c3)cc3ccccc23)CC1. The average Bonchev–Trinajstić information content (AvgIpc) is 2.82. The molecule has 2 aromatic carbocycles. The van der Waals surface area contributed by atoms with Crippen LogP contribution in [0.5, 0.6) is 5.75 Å². The van der Waals surface area contributed by atoms with Crippen LogP contribution in [0.1, 0.15) is 26.3 Å². The summed E-state index contributed by atoms with van der Waals surface area (Å²) in [5, 5.41) is 11.6. The maximum Gasteiger partial charge on any atom is 0.137 e. The highest BCUT2D eigenvalue weighted by atomic mass is 16.5. The van der Waals surface area contributed by atoms with Gasteiger partial charge in [0, 0.05) is 43.7 Å². The van der Waals surface area contributed by atoms with Crippen LogP contribution < -0.4 is 9.64 Å². The van der Waals surface area contributed by atoms with E-state index in [0.29, 0.717) is 0 Å². The van der Waals surface area contributed by atoms with Crippen LogP contribution in [0.2, 0.25) is 0 Å². The highest BCUT2D eigenvalue weighted by molar-refractivity contribution is 5.95. The lowest BCUT2D eigenvalue weighted by Crippen LogP contribution is -2.46. The molecule has 3 aromatic rings. The Hall–Kier alpha value is -2.63. The van der Waals surface area contributed by atoms with Gasteiger partial charge in [-0.3, -0.25) is 0 Å². The van der Waals surface area contributed by atoms with Gasteiger partial charge in [-0.1, -0.05) is 50.7 Å². The zero-order valence-electron chi connectivity index (χ0n) is 18.0. The van der Waals surface area contributed by atoms with Crippen molar-refractivity contribution in [3.63, 3.8) is 0 Å². The second-order valence-electron chi connectivity index (χ2n) is 7.83. The van der Waals surface area contributed by atoms with Crippen molar-refractivity contribution in [2.24, 2.45) is 0 Å². The number of aliphatic hydroxyl groups is 1. The highest BCUT2D eigenvalue weighted by Gasteiger charge is 2.20. The summed E-state index contributed by atoms with van der Waals surface area (Å²) in [5.41, 5.74) is 3.14. The maximum absolute atomic E-state index is 9.15. The first-order chi connectivity index (χ1) is 14.7. The zero-order chi connectivity index (χ0) is 20.9. The Morgan fingerprint density at radius 2 is 1.81 bits per heavy atom. The molecule has 1 saturated heterocycles. The van der Waals surface area contributed by atoms with E-state index in [1.54, 1.807) is 7.11 Å². The topological polar surface area (TPSA) is 48.8 Å². The van der Waals surface area contributed by atoms with Crippen molar-refractivity contribution in [3.8, 4) is 17.0 Å². The Labute approximate surface area is 186 Å². The van der Waals surface area contributed by atoms with Crippen molar-refractivity contribution in [2.45, 2.75) is 27.2 Å². The van der Waals surface area contributed by atoms with Gasteiger partial charge in [-0.15, -0.1) is 0 Å². The Morgan fingerprint density at radius 1 is 1.03 bits per heavy atom. The number of nitrogens with zero attached hydrogens (tertiary/aromatic N) is 3. The van der Waals surface area contributed by atoms with Gasteiger partial charge in [0.2, 0.25) is 0 Å². The number of aromatic nitrogens is 1. The number of benzene rings is 2. The van der Waals surface area contributed by atoms with E-state index in [1.807, 2.05) is 0 Å². The molecule has 0 aliphatic carbocycles. The van der Waals surface area contributed by atoms with E-state index >= 15 is 0 Å². The first kappa shape index (κ1) is 23.0. The van der Waals surface area contributed by atoms with Crippen molar-refractivity contribution in [2.75, 3.05) is 51.3 Å². The summed E-state index contributed by atoms with van der Waals surface area (Å²) < 4.78 is 5.64. The first-order valence-corrected chi connectivity index (χ1v) is 10.9. The van der Waals surface area contributed by atoms with Crippen LogP contribution in [0.4, 0.5) is 5.82 Å². The van der Waals surface area contributed by atoms with Gasteiger partial charge in [0.1, 0.15) is 11.6 Å². The summed E-state index contributed by atoms with van der Waals surface area (Å²) in [6.07, 6.45) is 1.54. The van der Waals surface area contributed by atoms with Crippen molar-refractivity contribution in [1.29, 1.82) is 0 Å². The fraction of sp³-hybridized carbons (Fsp3) is 0.423. The van der Waals surface area contributed by atoms with Crippen LogP contribution in [0, 0.1) is 0 Å². The summed E-state index contributed by atoms with van der Waals surface area (Å²) in [6, 6.07) is 17.0. The number of rotatable bonds is 7. The van der Waals surface area contributed by atoms with Gasteiger partial charge in [-0.05, 0) is 42.5 Å². The quantitative estimate of drug-likeness (QED) is 0.604. The standard InChI is InChI=1S/C25H31N3O2.CH4/c1-3-27-12-14-28(15-13-27)25-22-9-5-4-7-20(22)17-23(26-25)21-11-10-19(8-6-16-29)24(18-21)30-2;/h4-5,7,9-11,17-18,29H,3,6,8,12-16H2,1-2H3;1H4. The minimum atomic E-state index is 0. The number of hydrogen-bond donors (Lipinski definition) is 1. The van der Waals surface area contributed by atoms with Crippen molar-refractivity contribution >= 4 is 16.6 Å². The number of fused-ring (bicyclic) bond motifs is 1. The van der Waals surface area contributed by atoms with E-state index in [9.17, 15) is 0 Å². The number of hydrogen-bond acceptors (Lipinski definition) is 5.